The van der Waals surface area contributed by atoms with E-state index in [4.69, 9.17) is 5.73 Å². The quantitative estimate of drug-likeness (QED) is 0.803. The minimum atomic E-state index is -0.0195. The molecule has 2 aromatic heterocycles. The van der Waals surface area contributed by atoms with Crippen LogP contribution in [0.5, 0.6) is 0 Å². The molecule has 0 aromatic carbocycles. The van der Waals surface area contributed by atoms with Gasteiger partial charge in [-0.3, -0.25) is 9.67 Å². The molecular formula is C11H14N4. The fraction of sp³-hybridized carbons (Fsp3) is 0.273. The molecule has 2 rings (SSSR count). The summed E-state index contributed by atoms with van der Waals surface area (Å²) >= 11 is 0. The highest BCUT2D eigenvalue weighted by Gasteiger charge is 2.09. The lowest BCUT2D eigenvalue weighted by atomic mass is 10.0. The third-order valence-electron chi connectivity index (χ3n) is 2.36. The second-order valence-electron chi connectivity index (χ2n) is 3.65. The molecule has 0 aliphatic rings. The summed E-state index contributed by atoms with van der Waals surface area (Å²) in [7, 11) is 1.90. The van der Waals surface area contributed by atoms with Crippen LogP contribution in [-0.4, -0.2) is 14.8 Å². The lowest BCUT2D eigenvalue weighted by Gasteiger charge is -2.09. The van der Waals surface area contributed by atoms with E-state index in [1.807, 2.05) is 38.6 Å². The maximum atomic E-state index is 5.89. The highest BCUT2D eigenvalue weighted by Crippen LogP contribution is 2.25. The Morgan fingerprint density at radius 1 is 1.40 bits per heavy atom. The van der Waals surface area contributed by atoms with E-state index >= 15 is 0 Å². The van der Waals surface area contributed by atoms with Crippen LogP contribution in [0.15, 0.2) is 30.9 Å². The predicted octanol–water partition coefficient (Wildman–Crippen LogP) is 1.50. The van der Waals surface area contributed by atoms with Crippen LogP contribution in [0.1, 0.15) is 18.5 Å². The smallest absolute Gasteiger partial charge is 0.0568 e. The number of rotatable bonds is 2. The Labute approximate surface area is 88.8 Å². The molecule has 0 spiro atoms. The number of aryl methyl sites for hydroxylation is 1. The third-order valence-corrected chi connectivity index (χ3v) is 2.36. The standard InChI is InChI=1S/C11H14N4/c1-8(12)11-6-13-4-3-10(11)9-5-14-15(2)7-9/h3-8H,12H2,1-2H3. The molecule has 78 valence electrons. The monoisotopic (exact) mass is 202 g/mol. The number of nitrogens with two attached hydrogens (primary N) is 1. The molecule has 0 amide bonds. The number of pyridine rings is 1. The summed E-state index contributed by atoms with van der Waals surface area (Å²) in [5.74, 6) is 0. The summed E-state index contributed by atoms with van der Waals surface area (Å²) in [4.78, 5) is 4.09. The molecule has 1 unspecified atom stereocenters. The van der Waals surface area contributed by atoms with Gasteiger partial charge in [0.05, 0.1) is 6.20 Å². The zero-order valence-electron chi connectivity index (χ0n) is 8.88. The first-order valence-corrected chi connectivity index (χ1v) is 4.87. The Morgan fingerprint density at radius 2 is 2.20 bits per heavy atom. The van der Waals surface area contributed by atoms with E-state index in [-0.39, 0.29) is 6.04 Å². The second kappa shape index (κ2) is 3.82. The maximum Gasteiger partial charge on any atom is 0.0568 e. The molecule has 0 aliphatic heterocycles. The van der Waals surface area contributed by atoms with Gasteiger partial charge in [0, 0.05) is 37.2 Å². The van der Waals surface area contributed by atoms with Crippen molar-refractivity contribution in [2.45, 2.75) is 13.0 Å². The molecule has 0 aliphatic carbocycles. The van der Waals surface area contributed by atoms with Crippen LogP contribution in [0.3, 0.4) is 0 Å². The van der Waals surface area contributed by atoms with Gasteiger partial charge in [-0.05, 0) is 24.1 Å². The van der Waals surface area contributed by atoms with Gasteiger partial charge in [0.2, 0.25) is 0 Å². The fourth-order valence-electron chi connectivity index (χ4n) is 1.59. The molecule has 0 radical (unpaired) electrons. The SMILES string of the molecule is CC(N)c1cnccc1-c1cnn(C)c1. The van der Waals surface area contributed by atoms with E-state index in [1.165, 1.54) is 0 Å². The van der Waals surface area contributed by atoms with Crippen molar-refractivity contribution in [1.82, 2.24) is 14.8 Å². The van der Waals surface area contributed by atoms with E-state index in [1.54, 1.807) is 10.9 Å². The highest BCUT2D eigenvalue weighted by molar-refractivity contribution is 5.65. The van der Waals surface area contributed by atoms with Gasteiger partial charge in [0.25, 0.3) is 0 Å². The Bertz CT molecular complexity index is 459. The third kappa shape index (κ3) is 1.89. The summed E-state index contributed by atoms with van der Waals surface area (Å²) in [5, 5.41) is 4.15. The van der Waals surface area contributed by atoms with Crippen molar-refractivity contribution in [2.75, 3.05) is 0 Å². The Kier molecular flexibility index (Phi) is 2.51. The van der Waals surface area contributed by atoms with Crippen molar-refractivity contribution < 1.29 is 0 Å². The summed E-state index contributed by atoms with van der Waals surface area (Å²) in [6.07, 6.45) is 7.39. The zero-order valence-corrected chi connectivity index (χ0v) is 8.88. The number of nitrogens with zero attached hydrogens (tertiary/aromatic N) is 3. The minimum Gasteiger partial charge on any atom is -0.324 e. The summed E-state index contributed by atoms with van der Waals surface area (Å²) in [5.41, 5.74) is 9.12. The van der Waals surface area contributed by atoms with Gasteiger partial charge in [-0.25, -0.2) is 0 Å². The molecular weight excluding hydrogens is 188 g/mol. The molecule has 1 atom stereocenters. The first kappa shape index (κ1) is 9.86. The lowest BCUT2D eigenvalue weighted by molar-refractivity contribution is 0.768. The average Bonchev–Trinajstić information content (AvgIpc) is 2.65. The Balaban J connectivity index is 2.52. The van der Waals surface area contributed by atoms with Gasteiger partial charge < -0.3 is 5.73 Å². The van der Waals surface area contributed by atoms with Crippen molar-refractivity contribution >= 4 is 0 Å². The summed E-state index contributed by atoms with van der Waals surface area (Å²) < 4.78 is 1.78. The molecule has 4 nitrogen and oxygen atoms in total. The van der Waals surface area contributed by atoms with Crippen LogP contribution in [0, 0.1) is 0 Å². The summed E-state index contributed by atoms with van der Waals surface area (Å²) in [6.45, 7) is 1.96. The van der Waals surface area contributed by atoms with E-state index in [0.717, 1.165) is 16.7 Å². The van der Waals surface area contributed by atoms with Gasteiger partial charge in [-0.2, -0.15) is 5.10 Å². The van der Waals surface area contributed by atoms with E-state index in [2.05, 4.69) is 10.1 Å². The molecule has 0 saturated heterocycles. The van der Waals surface area contributed by atoms with Crippen LogP contribution in [0.25, 0.3) is 11.1 Å². The fourth-order valence-corrected chi connectivity index (χ4v) is 1.59. The average molecular weight is 202 g/mol. The normalized spacial score (nSPS) is 12.7. The van der Waals surface area contributed by atoms with Crippen LogP contribution >= 0.6 is 0 Å². The number of hydrogen-bond donors (Lipinski definition) is 1. The lowest BCUT2D eigenvalue weighted by Crippen LogP contribution is -2.06. The molecule has 0 fully saturated rings. The van der Waals surface area contributed by atoms with E-state index < -0.39 is 0 Å². The maximum absolute atomic E-state index is 5.89. The summed E-state index contributed by atoms with van der Waals surface area (Å²) in [6, 6.07) is 1.95. The molecule has 2 aromatic rings. The molecule has 15 heavy (non-hydrogen) atoms. The topological polar surface area (TPSA) is 56.7 Å². The van der Waals surface area contributed by atoms with Crippen molar-refractivity contribution in [3.8, 4) is 11.1 Å². The van der Waals surface area contributed by atoms with Crippen LogP contribution in [0.4, 0.5) is 0 Å². The van der Waals surface area contributed by atoms with E-state index in [0.29, 0.717) is 0 Å². The van der Waals surface area contributed by atoms with Crippen molar-refractivity contribution in [3.05, 3.63) is 36.4 Å². The first-order chi connectivity index (χ1) is 7.18. The van der Waals surface area contributed by atoms with Crippen LogP contribution in [0.2, 0.25) is 0 Å². The zero-order chi connectivity index (χ0) is 10.8. The van der Waals surface area contributed by atoms with Crippen LogP contribution < -0.4 is 5.73 Å². The number of hydrogen-bond acceptors (Lipinski definition) is 3. The molecule has 4 heteroatoms. The largest absolute Gasteiger partial charge is 0.324 e. The highest BCUT2D eigenvalue weighted by atomic mass is 15.2. The van der Waals surface area contributed by atoms with Gasteiger partial charge >= 0.3 is 0 Å². The first-order valence-electron chi connectivity index (χ1n) is 4.87. The Morgan fingerprint density at radius 3 is 2.80 bits per heavy atom. The molecule has 0 bridgehead atoms. The molecule has 2 N–H and O–H groups in total. The van der Waals surface area contributed by atoms with Crippen molar-refractivity contribution in [1.29, 1.82) is 0 Å². The molecule has 2 heterocycles. The van der Waals surface area contributed by atoms with Gasteiger partial charge in [0.15, 0.2) is 0 Å². The molecule has 0 saturated carbocycles. The van der Waals surface area contributed by atoms with Gasteiger partial charge in [-0.15, -0.1) is 0 Å². The van der Waals surface area contributed by atoms with Crippen molar-refractivity contribution in [3.63, 3.8) is 0 Å². The Hall–Kier alpha value is -1.68. The van der Waals surface area contributed by atoms with Crippen LogP contribution in [-0.2, 0) is 7.05 Å². The minimum absolute atomic E-state index is 0.0195. The second-order valence-corrected chi connectivity index (χ2v) is 3.65. The van der Waals surface area contributed by atoms with Gasteiger partial charge in [0.1, 0.15) is 0 Å². The number of aromatic nitrogens is 3. The van der Waals surface area contributed by atoms with Gasteiger partial charge in [-0.1, -0.05) is 0 Å². The predicted molar refractivity (Wildman–Crippen MR) is 59.0 cm³/mol. The van der Waals surface area contributed by atoms with Crippen molar-refractivity contribution in [2.24, 2.45) is 12.8 Å². The van der Waals surface area contributed by atoms with E-state index in [9.17, 15) is 0 Å².